The first-order valence-electron chi connectivity index (χ1n) is 3.08. The van der Waals surface area contributed by atoms with E-state index in [9.17, 15) is 4.79 Å². The molecular weight excluding hydrogens is 180 g/mol. The van der Waals surface area contributed by atoms with Gasteiger partial charge in [0.05, 0.1) is 5.75 Å². The van der Waals surface area contributed by atoms with Gasteiger partial charge in [0.2, 0.25) is 11.1 Å². The van der Waals surface area contributed by atoms with E-state index in [0.717, 1.165) is 0 Å². The second kappa shape index (κ2) is 4.02. The Morgan fingerprint density at radius 3 is 3.08 bits per heavy atom. The van der Waals surface area contributed by atoms with Gasteiger partial charge in [-0.05, 0) is 10.4 Å². The third-order valence-electron chi connectivity index (χ3n) is 1.07. The lowest BCUT2D eigenvalue weighted by molar-refractivity contribution is -0.118. The molecule has 0 aliphatic rings. The van der Waals surface area contributed by atoms with Gasteiger partial charge in [0.15, 0.2) is 0 Å². The summed E-state index contributed by atoms with van der Waals surface area (Å²) in [7, 11) is 1.70. The van der Waals surface area contributed by atoms with Crippen LogP contribution in [-0.2, 0) is 11.8 Å². The largest absolute Gasteiger partial charge is 0.294 e. The fourth-order valence-corrected chi connectivity index (χ4v) is 1.18. The molecule has 0 aliphatic heterocycles. The summed E-state index contributed by atoms with van der Waals surface area (Å²) in [6.07, 6.45) is 0. The summed E-state index contributed by atoms with van der Waals surface area (Å²) in [5.74, 6) is 4.83. The van der Waals surface area contributed by atoms with E-state index in [2.05, 4.69) is 15.5 Å². The number of tetrazole rings is 1. The van der Waals surface area contributed by atoms with Crippen LogP contribution in [0.4, 0.5) is 0 Å². The average Bonchev–Trinajstić information content (AvgIpc) is 2.47. The van der Waals surface area contributed by atoms with Crippen molar-refractivity contribution in [2.45, 2.75) is 5.16 Å². The summed E-state index contributed by atoms with van der Waals surface area (Å²) < 4.78 is 1.48. The molecule has 0 fully saturated rings. The van der Waals surface area contributed by atoms with Crippen molar-refractivity contribution in [3.8, 4) is 0 Å². The monoisotopic (exact) mass is 188 g/mol. The van der Waals surface area contributed by atoms with Crippen LogP contribution in [-0.4, -0.2) is 31.9 Å². The molecule has 0 spiro atoms. The van der Waals surface area contributed by atoms with E-state index >= 15 is 0 Å². The van der Waals surface area contributed by atoms with Crippen molar-refractivity contribution < 1.29 is 4.79 Å². The minimum absolute atomic E-state index is 0.213. The van der Waals surface area contributed by atoms with Crippen molar-refractivity contribution in [3.05, 3.63) is 0 Å². The summed E-state index contributed by atoms with van der Waals surface area (Å²) in [6, 6.07) is 0. The van der Waals surface area contributed by atoms with Crippen molar-refractivity contribution in [2.24, 2.45) is 12.9 Å². The maximum absolute atomic E-state index is 10.7. The highest BCUT2D eigenvalue weighted by Gasteiger charge is 2.05. The molecule has 0 radical (unpaired) electrons. The van der Waals surface area contributed by atoms with E-state index < -0.39 is 0 Å². The van der Waals surface area contributed by atoms with Crippen molar-refractivity contribution in [2.75, 3.05) is 5.75 Å². The summed E-state index contributed by atoms with van der Waals surface area (Å²) in [6.45, 7) is 0. The van der Waals surface area contributed by atoms with Gasteiger partial charge in [0, 0.05) is 7.05 Å². The predicted octanol–water partition coefficient (Wildman–Crippen LogP) is -1.71. The molecule has 3 N–H and O–H groups in total. The van der Waals surface area contributed by atoms with Gasteiger partial charge in [-0.2, -0.15) is 0 Å². The first-order valence-corrected chi connectivity index (χ1v) is 4.07. The van der Waals surface area contributed by atoms with Crippen LogP contribution in [0.3, 0.4) is 0 Å². The highest BCUT2D eigenvalue weighted by Crippen LogP contribution is 2.10. The number of nitrogens with two attached hydrogens (primary N) is 1. The van der Waals surface area contributed by atoms with Gasteiger partial charge >= 0.3 is 0 Å². The number of amides is 1. The van der Waals surface area contributed by atoms with Gasteiger partial charge in [-0.3, -0.25) is 10.2 Å². The summed E-state index contributed by atoms with van der Waals surface area (Å²) in [4.78, 5) is 10.7. The van der Waals surface area contributed by atoms with Gasteiger partial charge in [-0.15, -0.1) is 5.10 Å². The van der Waals surface area contributed by atoms with E-state index in [0.29, 0.717) is 5.16 Å². The lowest BCUT2D eigenvalue weighted by Gasteiger charge is -1.96. The number of aromatic nitrogens is 4. The smallest absolute Gasteiger partial charge is 0.244 e. The van der Waals surface area contributed by atoms with E-state index in [1.807, 2.05) is 5.43 Å². The van der Waals surface area contributed by atoms with Gasteiger partial charge < -0.3 is 0 Å². The molecule has 8 heteroatoms. The third-order valence-corrected chi connectivity index (χ3v) is 2.09. The number of thioether (sulfide) groups is 1. The molecule has 0 unspecified atom stereocenters. The van der Waals surface area contributed by atoms with Crippen molar-refractivity contribution in [3.63, 3.8) is 0 Å². The topological polar surface area (TPSA) is 98.7 Å². The Labute approximate surface area is 72.7 Å². The van der Waals surface area contributed by atoms with Crippen molar-refractivity contribution in [1.82, 2.24) is 25.6 Å². The number of hydrogen-bond donors (Lipinski definition) is 2. The molecule has 0 saturated carbocycles. The van der Waals surface area contributed by atoms with Crippen LogP contribution in [0.15, 0.2) is 5.16 Å². The first kappa shape index (κ1) is 8.94. The Morgan fingerprint density at radius 1 is 1.83 bits per heavy atom. The molecule has 0 aliphatic carbocycles. The molecule has 1 rings (SSSR count). The lowest BCUT2D eigenvalue weighted by atomic mass is 10.8. The average molecular weight is 188 g/mol. The molecule has 1 aromatic rings. The number of rotatable bonds is 3. The molecule has 12 heavy (non-hydrogen) atoms. The Hall–Kier alpha value is -1.15. The highest BCUT2D eigenvalue weighted by molar-refractivity contribution is 7.99. The number of hydrazine groups is 1. The number of nitrogens with one attached hydrogen (secondary N) is 1. The van der Waals surface area contributed by atoms with Crippen LogP contribution in [0.2, 0.25) is 0 Å². The first-order chi connectivity index (χ1) is 5.74. The SMILES string of the molecule is Cn1nnnc1SCC(=O)NN. The zero-order chi connectivity index (χ0) is 8.97. The minimum Gasteiger partial charge on any atom is -0.294 e. The second-order valence-electron chi connectivity index (χ2n) is 1.94. The Balaban J connectivity index is 2.43. The summed E-state index contributed by atoms with van der Waals surface area (Å²) in [5.41, 5.74) is 2.01. The molecule has 0 saturated heterocycles. The van der Waals surface area contributed by atoms with Crippen LogP contribution in [0.25, 0.3) is 0 Å². The van der Waals surface area contributed by atoms with Gasteiger partial charge in [-0.25, -0.2) is 10.5 Å². The number of carbonyl (C=O) groups excluding carboxylic acids is 1. The van der Waals surface area contributed by atoms with Gasteiger partial charge in [0.25, 0.3) is 0 Å². The zero-order valence-corrected chi connectivity index (χ0v) is 7.21. The molecule has 1 heterocycles. The Bertz CT molecular complexity index is 272. The van der Waals surface area contributed by atoms with Crippen LogP contribution < -0.4 is 11.3 Å². The summed E-state index contributed by atoms with van der Waals surface area (Å²) >= 11 is 1.22. The van der Waals surface area contributed by atoms with Crippen LogP contribution in [0, 0.1) is 0 Å². The second-order valence-corrected chi connectivity index (χ2v) is 2.88. The van der Waals surface area contributed by atoms with Gasteiger partial charge in [-0.1, -0.05) is 11.8 Å². The number of nitrogens with zero attached hydrogens (tertiary/aromatic N) is 4. The normalized spacial score (nSPS) is 9.83. The van der Waals surface area contributed by atoms with Crippen LogP contribution in [0.1, 0.15) is 0 Å². The maximum Gasteiger partial charge on any atom is 0.244 e. The number of hydrogen-bond acceptors (Lipinski definition) is 6. The van der Waals surface area contributed by atoms with Crippen LogP contribution in [0.5, 0.6) is 0 Å². The highest BCUT2D eigenvalue weighted by atomic mass is 32.2. The number of carbonyl (C=O) groups is 1. The number of aryl methyl sites for hydroxylation is 1. The van der Waals surface area contributed by atoms with Gasteiger partial charge in [0.1, 0.15) is 0 Å². The van der Waals surface area contributed by atoms with E-state index in [1.54, 1.807) is 7.05 Å². The lowest BCUT2D eigenvalue weighted by Crippen LogP contribution is -2.31. The van der Waals surface area contributed by atoms with Crippen LogP contribution >= 0.6 is 11.8 Å². The molecular formula is C4H8N6OS. The molecule has 0 aromatic carbocycles. The predicted molar refractivity (Wildman–Crippen MR) is 41.9 cm³/mol. The quantitative estimate of drug-likeness (QED) is 0.254. The minimum atomic E-state index is -0.261. The fraction of sp³-hybridized carbons (Fsp3) is 0.500. The fourth-order valence-electron chi connectivity index (χ4n) is 0.515. The molecule has 1 aromatic heterocycles. The van der Waals surface area contributed by atoms with E-state index in [-0.39, 0.29) is 11.7 Å². The van der Waals surface area contributed by atoms with Crippen molar-refractivity contribution in [1.29, 1.82) is 0 Å². The molecule has 0 bridgehead atoms. The third kappa shape index (κ3) is 2.17. The van der Waals surface area contributed by atoms with E-state index in [4.69, 9.17) is 5.84 Å². The molecule has 7 nitrogen and oxygen atoms in total. The van der Waals surface area contributed by atoms with E-state index in [1.165, 1.54) is 16.4 Å². The zero-order valence-electron chi connectivity index (χ0n) is 6.39. The standard InChI is InChI=1S/C4H8N6OS/c1-10-4(7-8-9-10)12-2-3(11)6-5/h2,5H2,1H3,(H,6,11). The Morgan fingerprint density at radius 2 is 2.58 bits per heavy atom. The molecule has 1 amide bonds. The molecule has 0 atom stereocenters. The Kier molecular flexibility index (Phi) is 3.00. The molecule has 66 valence electrons. The van der Waals surface area contributed by atoms with Crippen molar-refractivity contribution >= 4 is 17.7 Å². The maximum atomic E-state index is 10.7. The summed E-state index contributed by atoms with van der Waals surface area (Å²) in [5, 5.41) is 11.2.